The predicted molar refractivity (Wildman–Crippen MR) is 106 cm³/mol. The highest BCUT2D eigenvalue weighted by atomic mass is 32.2. The lowest BCUT2D eigenvalue weighted by atomic mass is 10.0. The molecule has 31 heavy (non-hydrogen) atoms. The second-order valence-corrected chi connectivity index (χ2v) is 8.64. The number of hydrogen-bond donors (Lipinski definition) is 1. The van der Waals surface area contributed by atoms with Crippen molar-refractivity contribution in [3.05, 3.63) is 65.5 Å². The number of benzene rings is 2. The van der Waals surface area contributed by atoms with Crippen LogP contribution >= 0.6 is 0 Å². The molecule has 5 nitrogen and oxygen atoms in total. The minimum atomic E-state index is -4.57. The number of esters is 1. The molecule has 10 heteroatoms. The summed E-state index contributed by atoms with van der Waals surface area (Å²) < 4.78 is 84.0. The normalized spacial score (nSPS) is 13.1. The van der Waals surface area contributed by atoms with Gasteiger partial charge < -0.3 is 4.74 Å². The van der Waals surface area contributed by atoms with Gasteiger partial charge in [0.25, 0.3) is 0 Å². The van der Waals surface area contributed by atoms with Crippen LogP contribution in [0.1, 0.15) is 49.3 Å². The minimum Gasteiger partial charge on any atom is -0.469 e. The molecule has 0 bridgehead atoms. The predicted octanol–water partition coefficient (Wildman–Crippen LogP) is 4.99. The van der Waals surface area contributed by atoms with Crippen LogP contribution in [0.2, 0.25) is 0 Å². The molecule has 2 aromatic rings. The van der Waals surface area contributed by atoms with Gasteiger partial charge in [-0.25, -0.2) is 17.5 Å². The van der Waals surface area contributed by atoms with E-state index < -0.39 is 33.6 Å². The van der Waals surface area contributed by atoms with Crippen molar-refractivity contribution in [2.24, 2.45) is 0 Å². The van der Waals surface area contributed by atoms with E-state index in [-0.39, 0.29) is 17.3 Å². The van der Waals surface area contributed by atoms with Crippen molar-refractivity contribution in [2.45, 2.75) is 49.2 Å². The summed E-state index contributed by atoms with van der Waals surface area (Å²) in [6.45, 7) is 0. The SMILES string of the molecule is COC(=O)CCCCCC(NS(=O)(=O)c1ccc(C(F)(F)F)cc1)c1ccc(F)cc1. The number of unbranched alkanes of at least 4 members (excludes halogenated alkanes) is 2. The summed E-state index contributed by atoms with van der Waals surface area (Å²) in [6, 6.07) is 7.77. The summed E-state index contributed by atoms with van der Waals surface area (Å²) in [5, 5.41) is 0. The highest BCUT2D eigenvalue weighted by molar-refractivity contribution is 7.89. The summed E-state index contributed by atoms with van der Waals surface area (Å²) in [7, 11) is -2.83. The lowest BCUT2D eigenvalue weighted by Gasteiger charge is -2.20. The number of rotatable bonds is 10. The average Bonchev–Trinajstić information content (AvgIpc) is 2.72. The van der Waals surface area contributed by atoms with E-state index in [1.807, 2.05) is 0 Å². The molecule has 0 radical (unpaired) electrons. The Kier molecular flexibility index (Phi) is 8.58. The van der Waals surface area contributed by atoms with Gasteiger partial charge in [0.15, 0.2) is 0 Å². The molecule has 2 rings (SSSR count). The van der Waals surface area contributed by atoms with Gasteiger partial charge in [-0.05, 0) is 54.8 Å². The fraction of sp³-hybridized carbons (Fsp3) is 0.381. The summed E-state index contributed by atoms with van der Waals surface area (Å²) >= 11 is 0. The van der Waals surface area contributed by atoms with Gasteiger partial charge in [-0.1, -0.05) is 25.0 Å². The van der Waals surface area contributed by atoms with Crippen LogP contribution < -0.4 is 4.72 Å². The van der Waals surface area contributed by atoms with Crippen LogP contribution in [0.25, 0.3) is 0 Å². The zero-order valence-corrected chi connectivity index (χ0v) is 17.6. The van der Waals surface area contributed by atoms with Crippen molar-refractivity contribution in [1.29, 1.82) is 0 Å². The molecule has 0 saturated carbocycles. The zero-order valence-electron chi connectivity index (χ0n) is 16.8. The Morgan fingerprint density at radius 1 is 1.00 bits per heavy atom. The van der Waals surface area contributed by atoms with E-state index >= 15 is 0 Å². The van der Waals surface area contributed by atoms with Gasteiger partial charge in [-0.15, -0.1) is 0 Å². The lowest BCUT2D eigenvalue weighted by molar-refractivity contribution is -0.140. The maximum Gasteiger partial charge on any atom is 0.416 e. The van der Waals surface area contributed by atoms with Crippen molar-refractivity contribution in [3.8, 4) is 0 Å². The van der Waals surface area contributed by atoms with E-state index in [9.17, 15) is 30.8 Å². The molecule has 0 saturated heterocycles. The van der Waals surface area contributed by atoms with E-state index in [4.69, 9.17) is 0 Å². The molecule has 0 aromatic heterocycles. The molecule has 0 amide bonds. The molecule has 170 valence electrons. The van der Waals surface area contributed by atoms with Crippen molar-refractivity contribution >= 4 is 16.0 Å². The largest absolute Gasteiger partial charge is 0.469 e. The van der Waals surface area contributed by atoms with Gasteiger partial charge >= 0.3 is 12.1 Å². The van der Waals surface area contributed by atoms with Crippen molar-refractivity contribution in [2.75, 3.05) is 7.11 Å². The molecule has 1 N–H and O–H groups in total. The van der Waals surface area contributed by atoms with Gasteiger partial charge in [-0.3, -0.25) is 4.79 Å². The fourth-order valence-corrected chi connectivity index (χ4v) is 4.22. The topological polar surface area (TPSA) is 72.5 Å². The summed E-state index contributed by atoms with van der Waals surface area (Å²) in [5.74, 6) is -0.815. The van der Waals surface area contributed by atoms with Crippen molar-refractivity contribution in [1.82, 2.24) is 4.72 Å². The van der Waals surface area contributed by atoms with Crippen molar-refractivity contribution < 1.29 is 35.5 Å². The Hall–Kier alpha value is -2.46. The Bertz CT molecular complexity index is 958. The zero-order chi connectivity index (χ0) is 23.1. The molecular formula is C21H23F4NO4S. The van der Waals surface area contributed by atoms with Gasteiger partial charge in [0, 0.05) is 12.5 Å². The fourth-order valence-electron chi connectivity index (χ4n) is 2.96. The van der Waals surface area contributed by atoms with Crippen LogP contribution in [0.3, 0.4) is 0 Å². The standard InChI is InChI=1S/C21H23F4NO4S/c1-30-20(27)6-4-2-3-5-19(15-7-11-17(22)12-8-15)26-31(28,29)18-13-9-16(10-14-18)21(23,24)25/h7-14,19,26H,2-6H2,1H3. The number of ether oxygens (including phenoxy) is 1. The van der Waals surface area contributed by atoms with Crippen LogP contribution in [-0.4, -0.2) is 21.5 Å². The van der Waals surface area contributed by atoms with Gasteiger partial charge in [0.1, 0.15) is 5.82 Å². The molecular weight excluding hydrogens is 438 g/mol. The quantitative estimate of drug-likeness (QED) is 0.308. The molecule has 0 aliphatic heterocycles. The molecule has 2 aromatic carbocycles. The van der Waals surface area contributed by atoms with Crippen LogP contribution in [-0.2, 0) is 25.7 Å². The number of carbonyl (C=O) groups is 1. The first-order chi connectivity index (χ1) is 14.5. The highest BCUT2D eigenvalue weighted by Gasteiger charge is 2.31. The number of methoxy groups -OCH3 is 1. The molecule has 0 fully saturated rings. The van der Waals surface area contributed by atoms with Gasteiger partial charge in [0.05, 0.1) is 17.6 Å². The molecule has 0 spiro atoms. The third-order valence-corrected chi connectivity index (χ3v) is 6.15. The van der Waals surface area contributed by atoms with E-state index in [0.717, 1.165) is 12.1 Å². The van der Waals surface area contributed by atoms with E-state index in [1.54, 1.807) is 0 Å². The number of alkyl halides is 3. The smallest absolute Gasteiger partial charge is 0.416 e. The molecule has 0 aliphatic rings. The molecule has 1 unspecified atom stereocenters. The minimum absolute atomic E-state index is 0.245. The number of carbonyl (C=O) groups excluding carboxylic acids is 1. The molecule has 0 aliphatic carbocycles. The summed E-state index contributed by atoms with van der Waals surface area (Å²) in [6.07, 6.45) is -2.21. The first kappa shape index (κ1) is 24.8. The molecule has 0 heterocycles. The van der Waals surface area contributed by atoms with E-state index in [0.29, 0.717) is 43.4 Å². The second kappa shape index (κ2) is 10.7. The third-order valence-electron chi connectivity index (χ3n) is 4.66. The van der Waals surface area contributed by atoms with E-state index in [2.05, 4.69) is 9.46 Å². The number of halogens is 4. The Morgan fingerprint density at radius 3 is 2.16 bits per heavy atom. The Balaban J connectivity index is 2.13. The first-order valence-electron chi connectivity index (χ1n) is 9.55. The van der Waals surface area contributed by atoms with Crippen LogP contribution in [0.4, 0.5) is 17.6 Å². The first-order valence-corrected chi connectivity index (χ1v) is 11.0. The summed E-state index contributed by atoms with van der Waals surface area (Å²) in [4.78, 5) is 10.9. The van der Waals surface area contributed by atoms with Crippen LogP contribution in [0.15, 0.2) is 53.4 Å². The molecule has 1 atom stereocenters. The van der Waals surface area contributed by atoms with E-state index in [1.165, 1.54) is 31.4 Å². The maximum absolute atomic E-state index is 13.3. The lowest BCUT2D eigenvalue weighted by Crippen LogP contribution is -2.29. The Morgan fingerprint density at radius 2 is 1.61 bits per heavy atom. The van der Waals surface area contributed by atoms with Crippen LogP contribution in [0.5, 0.6) is 0 Å². The van der Waals surface area contributed by atoms with Crippen LogP contribution in [0, 0.1) is 5.82 Å². The monoisotopic (exact) mass is 461 g/mol. The highest BCUT2D eigenvalue weighted by Crippen LogP contribution is 2.30. The average molecular weight is 461 g/mol. The van der Waals surface area contributed by atoms with Gasteiger partial charge in [0.2, 0.25) is 10.0 Å². The number of nitrogens with one attached hydrogen (secondary N) is 1. The van der Waals surface area contributed by atoms with Crippen molar-refractivity contribution in [3.63, 3.8) is 0 Å². The number of hydrogen-bond acceptors (Lipinski definition) is 4. The number of sulfonamides is 1. The third kappa shape index (κ3) is 7.62. The summed E-state index contributed by atoms with van der Waals surface area (Å²) in [5.41, 5.74) is -0.433. The van der Waals surface area contributed by atoms with Gasteiger partial charge in [-0.2, -0.15) is 13.2 Å². The maximum atomic E-state index is 13.3. The Labute approximate surface area is 178 Å². The second-order valence-electron chi connectivity index (χ2n) is 6.92.